The van der Waals surface area contributed by atoms with Crippen molar-refractivity contribution >= 4 is 22.8 Å². The number of rotatable bonds is 4. The largest absolute Gasteiger partial charge is 0.350 e. The number of imidazole rings is 1. The lowest BCUT2D eigenvalue weighted by atomic mass is 10.0. The molecule has 1 N–H and O–H groups in total. The Bertz CT molecular complexity index is 815. The highest BCUT2D eigenvalue weighted by atomic mass is 15.3. The second kappa shape index (κ2) is 6.02. The van der Waals surface area contributed by atoms with Crippen LogP contribution in [0.25, 0.3) is 11.0 Å². The van der Waals surface area contributed by atoms with E-state index in [1.165, 1.54) is 12.8 Å². The third kappa shape index (κ3) is 2.81. The molecule has 0 atom stereocenters. The van der Waals surface area contributed by atoms with Gasteiger partial charge >= 0.3 is 0 Å². The van der Waals surface area contributed by atoms with E-state index in [1.54, 1.807) is 6.33 Å². The number of fused-ring (bicyclic) bond motifs is 1. The fraction of sp³-hybridized carbons (Fsp3) is 0.421. The third-order valence-corrected chi connectivity index (χ3v) is 5.31. The van der Waals surface area contributed by atoms with Crippen molar-refractivity contribution in [2.75, 3.05) is 22.9 Å². The molecule has 128 valence electrons. The van der Waals surface area contributed by atoms with Crippen LogP contribution in [0.15, 0.2) is 42.9 Å². The van der Waals surface area contributed by atoms with Gasteiger partial charge in [-0.15, -0.1) is 0 Å². The Labute approximate surface area is 146 Å². The second-order valence-electron chi connectivity index (χ2n) is 7.00. The van der Waals surface area contributed by atoms with Crippen LogP contribution in [0, 0.1) is 0 Å². The number of aromatic amines is 1. The Kier molecular flexibility index (Phi) is 3.54. The van der Waals surface area contributed by atoms with Gasteiger partial charge < -0.3 is 14.8 Å². The maximum absolute atomic E-state index is 4.75. The molecule has 6 heteroatoms. The van der Waals surface area contributed by atoms with Gasteiger partial charge in [0.25, 0.3) is 0 Å². The predicted octanol–water partition coefficient (Wildman–Crippen LogP) is 2.99. The molecule has 3 heterocycles. The molecule has 5 rings (SSSR count). The summed E-state index contributed by atoms with van der Waals surface area (Å²) in [6.45, 7) is 2.05. The molecule has 0 radical (unpaired) electrons. The number of anilines is 2. The molecule has 1 saturated carbocycles. The molecule has 1 aliphatic heterocycles. The SMILES string of the molecule is c1ccc2[nH]c(N3CCC(N(c4ccncn4)C4CC4)CC3)nc2c1. The van der Waals surface area contributed by atoms with Gasteiger partial charge in [0.2, 0.25) is 5.95 Å². The molecule has 0 unspecified atom stereocenters. The summed E-state index contributed by atoms with van der Waals surface area (Å²) in [5.41, 5.74) is 2.15. The van der Waals surface area contributed by atoms with Crippen LogP contribution < -0.4 is 9.80 Å². The summed E-state index contributed by atoms with van der Waals surface area (Å²) in [7, 11) is 0. The van der Waals surface area contributed by atoms with E-state index in [4.69, 9.17) is 4.98 Å². The highest BCUT2D eigenvalue weighted by Gasteiger charge is 2.36. The summed E-state index contributed by atoms with van der Waals surface area (Å²) in [6.07, 6.45) is 8.35. The first-order valence-corrected chi connectivity index (χ1v) is 9.12. The standard InChI is InChI=1S/C19H22N6/c1-2-4-17-16(3-1)22-19(23-17)24-11-8-15(9-12-24)25(14-5-6-14)18-7-10-20-13-21-18/h1-4,7,10,13-15H,5-6,8-9,11-12H2,(H,22,23). The van der Waals surface area contributed by atoms with Crippen LogP contribution in [-0.2, 0) is 0 Å². The highest BCUT2D eigenvalue weighted by molar-refractivity contribution is 5.77. The number of hydrogen-bond donors (Lipinski definition) is 1. The molecular weight excluding hydrogens is 312 g/mol. The average molecular weight is 334 g/mol. The summed E-state index contributed by atoms with van der Waals surface area (Å²) in [4.78, 5) is 21.7. The van der Waals surface area contributed by atoms with Crippen LogP contribution in [0.4, 0.5) is 11.8 Å². The van der Waals surface area contributed by atoms with Gasteiger partial charge in [-0.05, 0) is 43.9 Å². The lowest BCUT2D eigenvalue weighted by Gasteiger charge is -2.39. The molecule has 1 aliphatic carbocycles. The van der Waals surface area contributed by atoms with Crippen molar-refractivity contribution in [1.82, 2.24) is 19.9 Å². The Morgan fingerprint density at radius 3 is 2.52 bits per heavy atom. The number of aromatic nitrogens is 4. The van der Waals surface area contributed by atoms with Crippen molar-refractivity contribution in [1.29, 1.82) is 0 Å². The molecule has 6 nitrogen and oxygen atoms in total. The predicted molar refractivity (Wildman–Crippen MR) is 98.9 cm³/mol. The van der Waals surface area contributed by atoms with Crippen molar-refractivity contribution in [2.24, 2.45) is 0 Å². The molecule has 1 aromatic carbocycles. The lowest BCUT2D eigenvalue weighted by molar-refractivity contribution is 0.456. The smallest absolute Gasteiger partial charge is 0.203 e. The van der Waals surface area contributed by atoms with Crippen LogP contribution in [0.3, 0.4) is 0 Å². The zero-order valence-electron chi connectivity index (χ0n) is 14.2. The van der Waals surface area contributed by atoms with Crippen molar-refractivity contribution < 1.29 is 0 Å². The van der Waals surface area contributed by atoms with E-state index < -0.39 is 0 Å². The molecule has 0 bridgehead atoms. The van der Waals surface area contributed by atoms with Crippen LogP contribution in [0.5, 0.6) is 0 Å². The second-order valence-corrected chi connectivity index (χ2v) is 7.00. The Morgan fingerprint density at radius 1 is 1.00 bits per heavy atom. The first-order valence-electron chi connectivity index (χ1n) is 9.12. The summed E-state index contributed by atoms with van der Waals surface area (Å²) in [5.74, 6) is 2.08. The molecular formula is C19H22N6. The normalized spacial score (nSPS) is 18.6. The molecule has 2 aromatic heterocycles. The molecule has 2 fully saturated rings. The number of para-hydroxylation sites is 2. The molecule has 1 saturated heterocycles. The number of H-pyrrole nitrogens is 1. The van der Waals surface area contributed by atoms with Gasteiger partial charge in [-0.2, -0.15) is 0 Å². The fourth-order valence-electron chi connectivity index (χ4n) is 3.91. The summed E-state index contributed by atoms with van der Waals surface area (Å²) < 4.78 is 0. The number of nitrogens with one attached hydrogen (secondary N) is 1. The van der Waals surface area contributed by atoms with Crippen molar-refractivity contribution in [3.63, 3.8) is 0 Å². The van der Waals surface area contributed by atoms with Gasteiger partial charge in [0, 0.05) is 31.4 Å². The third-order valence-electron chi connectivity index (χ3n) is 5.31. The summed E-state index contributed by atoms with van der Waals surface area (Å²) in [5, 5.41) is 0. The van der Waals surface area contributed by atoms with Gasteiger partial charge in [0.05, 0.1) is 11.0 Å². The Hall–Kier alpha value is -2.63. The van der Waals surface area contributed by atoms with Gasteiger partial charge in [0.1, 0.15) is 12.1 Å². The van der Waals surface area contributed by atoms with E-state index >= 15 is 0 Å². The van der Waals surface area contributed by atoms with E-state index in [0.29, 0.717) is 12.1 Å². The van der Waals surface area contributed by atoms with Crippen LogP contribution in [-0.4, -0.2) is 45.1 Å². The van der Waals surface area contributed by atoms with Crippen LogP contribution in [0.1, 0.15) is 25.7 Å². The fourth-order valence-corrected chi connectivity index (χ4v) is 3.91. The van der Waals surface area contributed by atoms with Crippen molar-refractivity contribution in [3.8, 4) is 0 Å². The average Bonchev–Trinajstić information content (AvgIpc) is 3.40. The van der Waals surface area contributed by atoms with E-state index in [-0.39, 0.29) is 0 Å². The van der Waals surface area contributed by atoms with Crippen molar-refractivity contribution in [3.05, 3.63) is 42.9 Å². The zero-order chi connectivity index (χ0) is 16.6. The topological polar surface area (TPSA) is 60.9 Å². The molecule has 0 amide bonds. The van der Waals surface area contributed by atoms with E-state index in [2.05, 4.69) is 36.9 Å². The molecule has 0 spiro atoms. The number of benzene rings is 1. The Balaban J connectivity index is 1.32. The van der Waals surface area contributed by atoms with Gasteiger partial charge in [-0.1, -0.05) is 12.1 Å². The molecule has 2 aliphatic rings. The van der Waals surface area contributed by atoms with E-state index in [1.807, 2.05) is 24.4 Å². The minimum Gasteiger partial charge on any atom is -0.350 e. The summed E-state index contributed by atoms with van der Waals surface area (Å²) in [6, 6.07) is 11.5. The number of nitrogens with zero attached hydrogens (tertiary/aromatic N) is 5. The van der Waals surface area contributed by atoms with Crippen molar-refractivity contribution in [2.45, 2.75) is 37.8 Å². The van der Waals surface area contributed by atoms with Gasteiger partial charge in [-0.25, -0.2) is 15.0 Å². The van der Waals surface area contributed by atoms with Crippen LogP contribution >= 0.6 is 0 Å². The molecule has 3 aromatic rings. The first kappa shape index (κ1) is 14.7. The van der Waals surface area contributed by atoms with Crippen LogP contribution in [0.2, 0.25) is 0 Å². The maximum atomic E-state index is 4.75. The molecule has 25 heavy (non-hydrogen) atoms. The monoisotopic (exact) mass is 334 g/mol. The minimum absolute atomic E-state index is 0.558. The number of hydrogen-bond acceptors (Lipinski definition) is 5. The summed E-state index contributed by atoms with van der Waals surface area (Å²) >= 11 is 0. The van der Waals surface area contributed by atoms with Gasteiger partial charge in [0.15, 0.2) is 0 Å². The van der Waals surface area contributed by atoms with Gasteiger partial charge in [-0.3, -0.25) is 0 Å². The zero-order valence-corrected chi connectivity index (χ0v) is 14.2. The first-order chi connectivity index (χ1) is 12.4. The van der Waals surface area contributed by atoms with E-state index in [0.717, 1.165) is 48.7 Å². The Morgan fingerprint density at radius 2 is 1.80 bits per heavy atom. The highest BCUT2D eigenvalue weighted by Crippen LogP contribution is 2.35. The quantitative estimate of drug-likeness (QED) is 0.795. The van der Waals surface area contributed by atoms with E-state index in [9.17, 15) is 0 Å². The lowest BCUT2D eigenvalue weighted by Crippen LogP contribution is -2.46. The minimum atomic E-state index is 0.558. The number of piperidine rings is 1. The maximum Gasteiger partial charge on any atom is 0.203 e.